The summed E-state index contributed by atoms with van der Waals surface area (Å²) >= 11 is 1.23. The molecule has 0 atom stereocenters. The largest absolute Gasteiger partial charge is 0.457 e. The number of thioether (sulfide) groups is 1. The van der Waals surface area contributed by atoms with Crippen LogP contribution in [0, 0.1) is 11.6 Å². The van der Waals surface area contributed by atoms with E-state index in [0.717, 1.165) is 42.2 Å². The summed E-state index contributed by atoms with van der Waals surface area (Å²) in [6, 6.07) is 10.5. The number of esters is 1. The fourth-order valence-corrected chi connectivity index (χ4v) is 3.51. The van der Waals surface area contributed by atoms with Crippen molar-refractivity contribution in [2.75, 3.05) is 12.4 Å². The monoisotopic (exact) mass is 404 g/mol. The summed E-state index contributed by atoms with van der Waals surface area (Å²) in [5, 5.41) is 0.701. The number of imidazole rings is 1. The highest BCUT2D eigenvalue weighted by Gasteiger charge is 2.15. The second kappa shape index (κ2) is 8.97. The zero-order valence-corrected chi connectivity index (χ0v) is 16.0. The highest BCUT2D eigenvalue weighted by Crippen LogP contribution is 2.24. The van der Waals surface area contributed by atoms with Crippen LogP contribution in [0.2, 0.25) is 0 Å². The molecule has 146 valence electrons. The van der Waals surface area contributed by atoms with E-state index < -0.39 is 30.0 Å². The average molecular weight is 404 g/mol. The number of ketones is 1. The van der Waals surface area contributed by atoms with Crippen LogP contribution in [0.3, 0.4) is 0 Å². The Hall–Kier alpha value is -2.74. The van der Waals surface area contributed by atoms with Gasteiger partial charge in [-0.3, -0.25) is 9.59 Å². The Bertz CT molecular complexity index is 1020. The maximum Gasteiger partial charge on any atom is 0.316 e. The van der Waals surface area contributed by atoms with Gasteiger partial charge >= 0.3 is 5.97 Å². The van der Waals surface area contributed by atoms with Gasteiger partial charge in [0, 0.05) is 12.1 Å². The molecule has 0 N–H and O–H groups in total. The minimum absolute atomic E-state index is 0.0158. The minimum atomic E-state index is -1.12. The number of nitrogens with zero attached hydrogens (tertiary/aromatic N) is 2. The lowest BCUT2D eigenvalue weighted by Crippen LogP contribution is -2.16. The fourth-order valence-electron chi connectivity index (χ4n) is 2.67. The Balaban J connectivity index is 1.58. The molecule has 0 spiro atoms. The Kier molecular flexibility index (Phi) is 6.41. The van der Waals surface area contributed by atoms with Gasteiger partial charge in [0.1, 0.15) is 0 Å². The molecule has 5 nitrogen and oxygen atoms in total. The Labute approximate surface area is 164 Å². The first-order valence-corrected chi connectivity index (χ1v) is 9.70. The molecular weight excluding hydrogens is 386 g/mol. The van der Waals surface area contributed by atoms with Gasteiger partial charge in [-0.25, -0.2) is 13.8 Å². The molecule has 0 radical (unpaired) electrons. The predicted octanol–water partition coefficient (Wildman–Crippen LogP) is 4.24. The van der Waals surface area contributed by atoms with Crippen molar-refractivity contribution >= 4 is 34.5 Å². The predicted molar refractivity (Wildman–Crippen MR) is 102 cm³/mol. The van der Waals surface area contributed by atoms with Gasteiger partial charge in [0.25, 0.3) is 0 Å². The first-order valence-electron chi connectivity index (χ1n) is 8.71. The molecule has 3 rings (SSSR count). The molecule has 3 aromatic rings. The number of benzene rings is 2. The third-order valence-corrected chi connectivity index (χ3v) is 4.94. The molecule has 0 bridgehead atoms. The van der Waals surface area contributed by atoms with Crippen molar-refractivity contribution < 1.29 is 23.1 Å². The first-order chi connectivity index (χ1) is 13.5. The van der Waals surface area contributed by atoms with E-state index in [9.17, 15) is 18.4 Å². The summed E-state index contributed by atoms with van der Waals surface area (Å²) in [6.07, 6.45) is 0.918. The second-order valence-corrected chi connectivity index (χ2v) is 6.98. The number of carbonyl (C=O) groups is 2. The van der Waals surface area contributed by atoms with Crippen LogP contribution < -0.4 is 0 Å². The van der Waals surface area contributed by atoms with Crippen molar-refractivity contribution in [1.29, 1.82) is 0 Å². The normalized spacial score (nSPS) is 11.0. The van der Waals surface area contributed by atoms with Crippen LogP contribution in [0.25, 0.3) is 11.0 Å². The van der Waals surface area contributed by atoms with Crippen LogP contribution in [0.4, 0.5) is 8.78 Å². The lowest BCUT2D eigenvalue weighted by molar-refractivity contribution is -0.139. The molecule has 2 aromatic carbocycles. The minimum Gasteiger partial charge on any atom is -0.457 e. The maximum atomic E-state index is 13.2. The molecule has 0 amide bonds. The quantitative estimate of drug-likeness (QED) is 0.319. The second-order valence-electron chi connectivity index (χ2n) is 6.04. The number of hydrogen-bond acceptors (Lipinski definition) is 5. The van der Waals surface area contributed by atoms with Crippen molar-refractivity contribution in [2.45, 2.75) is 25.0 Å². The summed E-state index contributed by atoms with van der Waals surface area (Å²) in [4.78, 5) is 28.5. The standard InChI is InChI=1S/C20H18F2N2O3S/c1-2-9-24-17-6-4-3-5-16(17)23-20(24)28-12-19(26)27-11-18(25)13-7-8-14(21)15(22)10-13/h3-8,10H,2,9,11-12H2,1H3. The number of para-hydroxylation sites is 2. The van der Waals surface area contributed by atoms with Gasteiger partial charge in [0.05, 0.1) is 16.8 Å². The summed E-state index contributed by atoms with van der Waals surface area (Å²) in [5.74, 6) is -3.37. The Morgan fingerprint density at radius 2 is 1.93 bits per heavy atom. The molecule has 0 saturated heterocycles. The van der Waals surface area contributed by atoms with Crippen LogP contribution >= 0.6 is 11.8 Å². The van der Waals surface area contributed by atoms with Gasteiger partial charge < -0.3 is 9.30 Å². The molecule has 1 heterocycles. The zero-order chi connectivity index (χ0) is 20.1. The van der Waals surface area contributed by atoms with E-state index in [2.05, 4.69) is 11.9 Å². The maximum absolute atomic E-state index is 13.2. The number of ether oxygens (including phenoxy) is 1. The topological polar surface area (TPSA) is 61.2 Å². The van der Waals surface area contributed by atoms with E-state index >= 15 is 0 Å². The number of Topliss-reactive ketones (excluding diaryl/α,β-unsaturated/α-hetero) is 1. The molecule has 0 unspecified atom stereocenters. The van der Waals surface area contributed by atoms with Crippen molar-refractivity contribution in [3.63, 3.8) is 0 Å². The van der Waals surface area contributed by atoms with Crippen molar-refractivity contribution in [3.8, 4) is 0 Å². The Morgan fingerprint density at radius 1 is 1.14 bits per heavy atom. The highest BCUT2D eigenvalue weighted by atomic mass is 32.2. The average Bonchev–Trinajstić information content (AvgIpc) is 3.04. The lowest BCUT2D eigenvalue weighted by atomic mass is 10.1. The van der Waals surface area contributed by atoms with Crippen molar-refractivity contribution in [3.05, 3.63) is 59.7 Å². The summed E-state index contributed by atoms with van der Waals surface area (Å²) in [7, 11) is 0. The van der Waals surface area contributed by atoms with Gasteiger partial charge in [-0.1, -0.05) is 30.8 Å². The van der Waals surface area contributed by atoms with Gasteiger partial charge in [-0.15, -0.1) is 0 Å². The van der Waals surface area contributed by atoms with Gasteiger partial charge in [-0.05, 0) is 36.8 Å². The van der Waals surface area contributed by atoms with Crippen LogP contribution in [0.1, 0.15) is 23.7 Å². The molecule has 8 heteroatoms. The molecule has 0 aliphatic carbocycles. The summed E-state index contributed by atoms with van der Waals surface area (Å²) in [6.45, 7) is 2.30. The van der Waals surface area contributed by atoms with E-state index in [1.165, 1.54) is 11.8 Å². The van der Waals surface area contributed by atoms with Crippen LogP contribution in [0.15, 0.2) is 47.6 Å². The smallest absolute Gasteiger partial charge is 0.316 e. The van der Waals surface area contributed by atoms with Crippen molar-refractivity contribution in [2.24, 2.45) is 0 Å². The molecular formula is C20H18F2N2O3S. The Morgan fingerprint density at radius 3 is 2.68 bits per heavy atom. The third kappa shape index (κ3) is 4.56. The molecule has 0 saturated carbocycles. The number of hydrogen-bond donors (Lipinski definition) is 0. The van der Waals surface area contributed by atoms with E-state index in [-0.39, 0.29) is 11.3 Å². The van der Waals surface area contributed by atoms with E-state index in [0.29, 0.717) is 5.16 Å². The summed E-state index contributed by atoms with van der Waals surface area (Å²) < 4.78 is 33.1. The SMILES string of the molecule is CCCn1c(SCC(=O)OCC(=O)c2ccc(F)c(F)c2)nc2ccccc21. The first kappa shape index (κ1) is 20.0. The number of carbonyl (C=O) groups excluding carboxylic acids is 2. The van der Waals surface area contributed by atoms with E-state index in [1.807, 2.05) is 28.8 Å². The van der Waals surface area contributed by atoms with Gasteiger partial charge in [0.2, 0.25) is 0 Å². The number of aromatic nitrogens is 2. The van der Waals surface area contributed by atoms with E-state index in [1.54, 1.807) is 0 Å². The van der Waals surface area contributed by atoms with Gasteiger partial charge in [0.15, 0.2) is 29.2 Å². The highest BCUT2D eigenvalue weighted by molar-refractivity contribution is 7.99. The number of halogens is 2. The molecule has 0 aliphatic heterocycles. The van der Waals surface area contributed by atoms with Gasteiger partial charge in [-0.2, -0.15) is 0 Å². The number of aryl methyl sites for hydroxylation is 1. The zero-order valence-electron chi connectivity index (χ0n) is 15.2. The van der Waals surface area contributed by atoms with Crippen LogP contribution in [0.5, 0.6) is 0 Å². The molecule has 0 aliphatic rings. The molecule has 28 heavy (non-hydrogen) atoms. The number of fused-ring (bicyclic) bond motifs is 1. The van der Waals surface area contributed by atoms with Crippen molar-refractivity contribution in [1.82, 2.24) is 9.55 Å². The third-order valence-electron chi connectivity index (χ3n) is 3.99. The van der Waals surface area contributed by atoms with Crippen LogP contribution in [-0.4, -0.2) is 33.7 Å². The lowest BCUT2D eigenvalue weighted by Gasteiger charge is -2.07. The molecule has 0 fully saturated rings. The summed E-state index contributed by atoms with van der Waals surface area (Å²) in [5.41, 5.74) is 1.79. The molecule has 1 aromatic heterocycles. The fraction of sp³-hybridized carbons (Fsp3) is 0.250. The van der Waals surface area contributed by atoms with Crippen LogP contribution in [-0.2, 0) is 16.1 Å². The number of rotatable bonds is 8. The van der Waals surface area contributed by atoms with E-state index in [4.69, 9.17) is 4.74 Å².